The van der Waals surface area contributed by atoms with E-state index in [0.29, 0.717) is 6.54 Å². The zero-order chi connectivity index (χ0) is 19.5. The van der Waals surface area contributed by atoms with Gasteiger partial charge in [-0.1, -0.05) is 43.3 Å². The molecule has 0 spiro atoms. The second-order valence-electron chi connectivity index (χ2n) is 6.64. The Kier molecular flexibility index (Phi) is 5.21. The van der Waals surface area contributed by atoms with E-state index >= 15 is 0 Å². The van der Waals surface area contributed by atoms with Gasteiger partial charge in [-0.3, -0.25) is 9.20 Å². The lowest BCUT2D eigenvalue weighted by Gasteiger charge is -2.05. The van der Waals surface area contributed by atoms with Crippen molar-refractivity contribution < 1.29 is 9.18 Å². The molecule has 0 aliphatic carbocycles. The van der Waals surface area contributed by atoms with Crippen molar-refractivity contribution in [2.24, 2.45) is 0 Å². The molecule has 4 nitrogen and oxygen atoms in total. The minimum Gasteiger partial charge on any atom is -0.352 e. The summed E-state index contributed by atoms with van der Waals surface area (Å²) in [6, 6.07) is 14.5. The molecule has 0 saturated heterocycles. The van der Waals surface area contributed by atoms with E-state index in [4.69, 9.17) is 0 Å². The fourth-order valence-electron chi connectivity index (χ4n) is 3.04. The van der Waals surface area contributed by atoms with Crippen molar-refractivity contribution in [1.82, 2.24) is 14.7 Å². The number of nitrogens with one attached hydrogen (secondary N) is 1. The number of benzene rings is 2. The van der Waals surface area contributed by atoms with Crippen molar-refractivity contribution in [3.8, 4) is 11.3 Å². The standard InChI is InChI=1S/C22H20FN3OS/c1-2-15-3-7-17(8-4-15)20-13-26-19(14-28-22(26)25-20)11-21(27)24-12-16-5-9-18(23)10-6-16/h3-10,13-14H,2,11-12H2,1H3,(H,24,27). The van der Waals surface area contributed by atoms with Crippen LogP contribution in [-0.2, 0) is 24.2 Å². The highest BCUT2D eigenvalue weighted by molar-refractivity contribution is 7.15. The topological polar surface area (TPSA) is 46.4 Å². The number of aryl methyl sites for hydroxylation is 1. The van der Waals surface area contributed by atoms with Crippen molar-refractivity contribution in [2.45, 2.75) is 26.3 Å². The number of hydrogen-bond donors (Lipinski definition) is 1. The molecule has 0 aliphatic heterocycles. The molecule has 0 bridgehead atoms. The van der Waals surface area contributed by atoms with Gasteiger partial charge in [0.15, 0.2) is 4.96 Å². The minimum atomic E-state index is -0.281. The highest BCUT2D eigenvalue weighted by atomic mass is 32.1. The number of hydrogen-bond acceptors (Lipinski definition) is 3. The Bertz CT molecular complexity index is 1100. The predicted molar refractivity (Wildman–Crippen MR) is 110 cm³/mol. The number of rotatable bonds is 6. The smallest absolute Gasteiger partial charge is 0.226 e. The average Bonchev–Trinajstić information content (AvgIpc) is 3.30. The summed E-state index contributed by atoms with van der Waals surface area (Å²) in [5.74, 6) is -0.359. The molecule has 0 radical (unpaired) electrons. The predicted octanol–water partition coefficient (Wildman–Crippen LogP) is 4.62. The van der Waals surface area contributed by atoms with Crippen LogP contribution in [0.1, 0.15) is 23.7 Å². The maximum Gasteiger partial charge on any atom is 0.226 e. The van der Waals surface area contributed by atoms with Crippen molar-refractivity contribution in [3.63, 3.8) is 0 Å². The second-order valence-corrected chi connectivity index (χ2v) is 7.47. The van der Waals surface area contributed by atoms with E-state index in [9.17, 15) is 9.18 Å². The highest BCUT2D eigenvalue weighted by Gasteiger charge is 2.12. The van der Waals surface area contributed by atoms with Crippen molar-refractivity contribution in [2.75, 3.05) is 0 Å². The van der Waals surface area contributed by atoms with E-state index in [1.54, 1.807) is 12.1 Å². The summed E-state index contributed by atoms with van der Waals surface area (Å²) in [5, 5.41) is 4.84. The normalized spacial score (nSPS) is 11.1. The lowest BCUT2D eigenvalue weighted by molar-refractivity contribution is -0.120. The summed E-state index contributed by atoms with van der Waals surface area (Å²) in [5.41, 5.74) is 5.04. The van der Waals surface area contributed by atoms with Gasteiger partial charge in [0.25, 0.3) is 0 Å². The molecule has 2 aromatic carbocycles. The van der Waals surface area contributed by atoms with Gasteiger partial charge < -0.3 is 5.32 Å². The Morgan fingerprint density at radius 3 is 2.54 bits per heavy atom. The van der Waals surface area contributed by atoms with Gasteiger partial charge in [-0.25, -0.2) is 9.37 Å². The number of halogens is 1. The van der Waals surface area contributed by atoms with Gasteiger partial charge >= 0.3 is 0 Å². The zero-order valence-electron chi connectivity index (χ0n) is 15.5. The molecule has 1 amide bonds. The molecule has 0 fully saturated rings. The van der Waals surface area contributed by atoms with Gasteiger partial charge in [0.1, 0.15) is 5.82 Å². The molecular weight excluding hydrogens is 373 g/mol. The van der Waals surface area contributed by atoms with Gasteiger partial charge in [-0.2, -0.15) is 0 Å². The molecule has 0 aliphatic rings. The second kappa shape index (κ2) is 7.94. The molecule has 6 heteroatoms. The molecule has 2 aromatic heterocycles. The molecule has 0 saturated carbocycles. The largest absolute Gasteiger partial charge is 0.352 e. The van der Waals surface area contributed by atoms with Crippen LogP contribution in [-0.4, -0.2) is 15.3 Å². The van der Waals surface area contributed by atoms with Crippen LogP contribution in [0.4, 0.5) is 4.39 Å². The van der Waals surface area contributed by atoms with Crippen molar-refractivity contribution in [3.05, 3.63) is 82.7 Å². The van der Waals surface area contributed by atoms with Crippen LogP contribution < -0.4 is 5.32 Å². The molecule has 4 aromatic rings. The maximum absolute atomic E-state index is 13.0. The van der Waals surface area contributed by atoms with E-state index in [1.807, 2.05) is 16.0 Å². The van der Waals surface area contributed by atoms with Crippen molar-refractivity contribution >= 4 is 22.2 Å². The van der Waals surface area contributed by atoms with E-state index in [2.05, 4.69) is 41.5 Å². The fourth-order valence-corrected chi connectivity index (χ4v) is 3.91. The molecule has 1 N–H and O–H groups in total. The monoisotopic (exact) mass is 393 g/mol. The van der Waals surface area contributed by atoms with Gasteiger partial charge in [-0.15, -0.1) is 11.3 Å². The van der Waals surface area contributed by atoms with Crippen LogP contribution >= 0.6 is 11.3 Å². The number of amides is 1. The number of aromatic nitrogens is 2. The first kappa shape index (κ1) is 18.4. The van der Waals surface area contributed by atoms with Crippen LogP contribution in [0.2, 0.25) is 0 Å². The summed E-state index contributed by atoms with van der Waals surface area (Å²) in [6.45, 7) is 2.51. The lowest BCUT2D eigenvalue weighted by Crippen LogP contribution is -2.24. The number of carbonyl (C=O) groups is 1. The summed E-state index contributed by atoms with van der Waals surface area (Å²) >= 11 is 1.53. The number of thiazole rings is 1. The molecule has 0 atom stereocenters. The average molecular weight is 393 g/mol. The van der Waals surface area contributed by atoms with E-state index < -0.39 is 0 Å². The van der Waals surface area contributed by atoms with Gasteiger partial charge in [0.05, 0.1) is 12.1 Å². The first-order chi connectivity index (χ1) is 13.6. The summed E-state index contributed by atoms with van der Waals surface area (Å²) in [4.78, 5) is 17.9. The maximum atomic E-state index is 13.0. The first-order valence-corrected chi connectivity index (χ1v) is 10.1. The van der Waals surface area contributed by atoms with E-state index in [1.165, 1.54) is 29.0 Å². The fraction of sp³-hybridized carbons (Fsp3) is 0.182. The molecule has 4 rings (SSSR count). The molecule has 2 heterocycles. The van der Waals surface area contributed by atoms with Crippen LogP contribution in [0.5, 0.6) is 0 Å². The molecule has 142 valence electrons. The zero-order valence-corrected chi connectivity index (χ0v) is 16.3. The van der Waals surface area contributed by atoms with Crippen LogP contribution in [0.3, 0.4) is 0 Å². The Morgan fingerprint density at radius 2 is 1.82 bits per heavy atom. The summed E-state index contributed by atoms with van der Waals surface area (Å²) in [6.07, 6.45) is 3.26. The molecule has 0 unspecified atom stereocenters. The number of nitrogens with zero attached hydrogens (tertiary/aromatic N) is 2. The third-order valence-electron chi connectivity index (χ3n) is 4.69. The quantitative estimate of drug-likeness (QED) is 0.519. The summed E-state index contributed by atoms with van der Waals surface area (Å²) < 4.78 is 14.9. The number of imidazole rings is 1. The Morgan fingerprint density at radius 1 is 1.11 bits per heavy atom. The minimum absolute atomic E-state index is 0.0772. The van der Waals surface area contributed by atoms with E-state index in [-0.39, 0.29) is 18.1 Å². The van der Waals surface area contributed by atoms with E-state index in [0.717, 1.165) is 33.9 Å². The number of fused-ring (bicyclic) bond motifs is 1. The van der Waals surface area contributed by atoms with Crippen molar-refractivity contribution in [1.29, 1.82) is 0 Å². The van der Waals surface area contributed by atoms with Gasteiger partial charge in [0.2, 0.25) is 5.91 Å². The highest BCUT2D eigenvalue weighted by Crippen LogP contribution is 2.24. The third kappa shape index (κ3) is 3.97. The van der Waals surface area contributed by atoms with Gasteiger partial charge in [-0.05, 0) is 29.7 Å². The Balaban J connectivity index is 1.45. The number of carbonyl (C=O) groups excluding carboxylic acids is 1. The van der Waals surface area contributed by atoms with Crippen LogP contribution in [0, 0.1) is 5.82 Å². The lowest BCUT2D eigenvalue weighted by atomic mass is 10.1. The molecular formula is C22H20FN3OS. The Hall–Kier alpha value is -2.99. The van der Waals surface area contributed by atoms with Gasteiger partial charge in [0, 0.05) is 29.4 Å². The van der Waals surface area contributed by atoms with Crippen LogP contribution in [0.15, 0.2) is 60.1 Å². The Labute approximate surface area is 166 Å². The first-order valence-electron chi connectivity index (χ1n) is 9.18. The third-order valence-corrected chi connectivity index (χ3v) is 5.57. The SMILES string of the molecule is CCc1ccc(-c2cn3c(CC(=O)NCc4ccc(F)cc4)csc3n2)cc1. The van der Waals surface area contributed by atoms with Crippen LogP contribution in [0.25, 0.3) is 16.2 Å². The summed E-state index contributed by atoms with van der Waals surface area (Å²) in [7, 11) is 0. The molecule has 28 heavy (non-hydrogen) atoms.